The normalized spacial score (nSPS) is 13.8. The molecule has 0 spiro atoms. The van der Waals surface area contributed by atoms with Gasteiger partial charge in [-0.15, -0.1) is 10.2 Å². The Morgan fingerprint density at radius 2 is 2.00 bits per heavy atom. The maximum atomic E-state index is 13.4. The molecule has 0 unspecified atom stereocenters. The number of aromatic hydroxyl groups is 1. The van der Waals surface area contributed by atoms with Crippen molar-refractivity contribution in [3.8, 4) is 5.88 Å². The summed E-state index contributed by atoms with van der Waals surface area (Å²) in [5.74, 6) is -1.24. The molecule has 1 amide bonds. The average molecular weight is 387 g/mol. The quantitative estimate of drug-likeness (QED) is 0.663. The third kappa shape index (κ3) is 2.31. The highest BCUT2D eigenvalue weighted by molar-refractivity contribution is 9.10. The molecule has 24 heavy (non-hydrogen) atoms. The number of benzene rings is 2. The first-order valence-corrected chi connectivity index (χ1v) is 7.67. The number of carbonyl (C=O) groups excluding carboxylic acids is 1. The first-order valence-electron chi connectivity index (χ1n) is 6.88. The SMILES string of the molecule is O=C1N=c2ccc(Br)cc2=C1N=Nc1c(O)[nH]c2ccc(F)cc12. The number of azo groups is 1. The number of aromatic amines is 1. The summed E-state index contributed by atoms with van der Waals surface area (Å²) >= 11 is 3.33. The summed E-state index contributed by atoms with van der Waals surface area (Å²) in [6, 6.07) is 9.16. The van der Waals surface area contributed by atoms with E-state index in [0.29, 0.717) is 21.5 Å². The van der Waals surface area contributed by atoms with E-state index in [2.05, 4.69) is 36.1 Å². The Balaban J connectivity index is 1.89. The Bertz CT molecular complexity index is 1170. The van der Waals surface area contributed by atoms with E-state index in [1.807, 2.05) is 0 Å². The van der Waals surface area contributed by atoms with Crippen molar-refractivity contribution in [2.24, 2.45) is 15.2 Å². The zero-order valence-corrected chi connectivity index (χ0v) is 13.5. The van der Waals surface area contributed by atoms with Gasteiger partial charge in [0.05, 0.1) is 10.9 Å². The van der Waals surface area contributed by atoms with Crippen LogP contribution in [0.25, 0.3) is 16.6 Å². The lowest BCUT2D eigenvalue weighted by Crippen LogP contribution is -2.22. The second kappa shape index (κ2) is 5.34. The van der Waals surface area contributed by atoms with E-state index in [9.17, 15) is 14.3 Å². The van der Waals surface area contributed by atoms with Gasteiger partial charge in [0, 0.05) is 15.1 Å². The number of H-pyrrole nitrogens is 1. The van der Waals surface area contributed by atoms with Gasteiger partial charge in [-0.05, 0) is 36.4 Å². The predicted molar refractivity (Wildman–Crippen MR) is 87.8 cm³/mol. The molecule has 6 nitrogen and oxygen atoms in total. The van der Waals surface area contributed by atoms with Gasteiger partial charge in [-0.1, -0.05) is 15.9 Å². The van der Waals surface area contributed by atoms with E-state index in [1.165, 1.54) is 18.2 Å². The lowest BCUT2D eigenvalue weighted by Gasteiger charge is -1.93. The lowest BCUT2D eigenvalue weighted by atomic mass is 10.2. The van der Waals surface area contributed by atoms with Gasteiger partial charge in [0.25, 0.3) is 5.91 Å². The van der Waals surface area contributed by atoms with Crippen LogP contribution in [-0.2, 0) is 4.79 Å². The zero-order chi connectivity index (χ0) is 16.8. The fourth-order valence-corrected chi connectivity index (χ4v) is 2.87. The molecule has 4 rings (SSSR count). The van der Waals surface area contributed by atoms with Gasteiger partial charge < -0.3 is 10.1 Å². The van der Waals surface area contributed by atoms with Gasteiger partial charge in [-0.2, -0.15) is 0 Å². The Morgan fingerprint density at radius 3 is 2.83 bits per heavy atom. The molecule has 1 aliphatic heterocycles. The first-order chi connectivity index (χ1) is 11.5. The molecular weight excluding hydrogens is 379 g/mol. The molecule has 1 aliphatic rings. The number of fused-ring (bicyclic) bond motifs is 2. The molecule has 3 aromatic rings. The van der Waals surface area contributed by atoms with Crippen LogP contribution >= 0.6 is 15.9 Å². The van der Waals surface area contributed by atoms with Gasteiger partial charge >= 0.3 is 0 Å². The largest absolute Gasteiger partial charge is 0.493 e. The molecular formula is C16H8BrFN4O2. The number of nitrogens with zero attached hydrogens (tertiary/aromatic N) is 3. The molecule has 2 heterocycles. The number of hydrogen-bond donors (Lipinski definition) is 2. The van der Waals surface area contributed by atoms with E-state index in [0.717, 1.165) is 4.47 Å². The van der Waals surface area contributed by atoms with Crippen molar-refractivity contribution in [3.63, 3.8) is 0 Å². The summed E-state index contributed by atoms with van der Waals surface area (Å²) in [5.41, 5.74) is 0.642. The molecule has 2 N–H and O–H groups in total. The highest BCUT2D eigenvalue weighted by atomic mass is 79.9. The van der Waals surface area contributed by atoms with Crippen molar-refractivity contribution in [1.29, 1.82) is 0 Å². The summed E-state index contributed by atoms with van der Waals surface area (Å²) < 4.78 is 14.2. The van der Waals surface area contributed by atoms with E-state index in [1.54, 1.807) is 18.2 Å². The second-order valence-corrected chi connectivity index (χ2v) is 6.05. The summed E-state index contributed by atoms with van der Waals surface area (Å²) in [6.07, 6.45) is 0. The van der Waals surface area contributed by atoms with Crippen LogP contribution in [-0.4, -0.2) is 16.0 Å². The van der Waals surface area contributed by atoms with Crippen LogP contribution in [0, 0.1) is 5.82 Å². The molecule has 0 saturated carbocycles. The van der Waals surface area contributed by atoms with Crippen LogP contribution in [0.2, 0.25) is 0 Å². The van der Waals surface area contributed by atoms with Crippen molar-refractivity contribution in [2.45, 2.75) is 0 Å². The fraction of sp³-hybridized carbons (Fsp3) is 0. The first kappa shape index (κ1) is 14.7. The average Bonchev–Trinajstić information content (AvgIpc) is 3.01. The minimum Gasteiger partial charge on any atom is -0.493 e. The van der Waals surface area contributed by atoms with E-state index < -0.39 is 11.7 Å². The number of hydrogen-bond acceptors (Lipinski definition) is 4. The minimum atomic E-state index is -0.516. The van der Waals surface area contributed by atoms with Crippen molar-refractivity contribution in [3.05, 3.63) is 57.3 Å². The smallest absolute Gasteiger partial charge is 0.298 e. The Morgan fingerprint density at radius 1 is 1.17 bits per heavy atom. The summed E-state index contributed by atoms with van der Waals surface area (Å²) in [4.78, 5) is 18.6. The molecule has 8 heteroatoms. The standard InChI is InChI=1S/C16H8BrFN4O2/c17-7-1-3-11-9(5-7)13(15(23)19-11)21-22-14-10-6-8(18)2-4-12(10)20-16(14)24/h1-6,20,24H. The maximum Gasteiger partial charge on any atom is 0.298 e. The number of aromatic nitrogens is 1. The number of halogens is 2. The molecule has 0 bridgehead atoms. The topological polar surface area (TPSA) is 90.2 Å². The van der Waals surface area contributed by atoms with Crippen LogP contribution in [0.15, 0.2) is 56.1 Å². The number of nitrogens with one attached hydrogen (secondary N) is 1. The zero-order valence-electron chi connectivity index (χ0n) is 11.9. The number of carbonyl (C=O) groups is 1. The Hall–Kier alpha value is -2.87. The van der Waals surface area contributed by atoms with Crippen LogP contribution in [0.4, 0.5) is 10.1 Å². The summed E-state index contributed by atoms with van der Waals surface area (Å²) in [7, 11) is 0. The summed E-state index contributed by atoms with van der Waals surface area (Å²) in [6.45, 7) is 0. The Kier molecular flexibility index (Phi) is 3.27. The Labute approximate surface area is 142 Å². The molecule has 0 aliphatic carbocycles. The predicted octanol–water partition coefficient (Wildman–Crippen LogP) is 2.83. The third-order valence-electron chi connectivity index (χ3n) is 3.60. The molecule has 2 aromatic carbocycles. The monoisotopic (exact) mass is 386 g/mol. The van der Waals surface area contributed by atoms with E-state index >= 15 is 0 Å². The summed E-state index contributed by atoms with van der Waals surface area (Å²) in [5, 5.41) is 19.3. The highest BCUT2D eigenvalue weighted by Gasteiger charge is 2.17. The maximum absolute atomic E-state index is 13.4. The van der Waals surface area contributed by atoms with Crippen LogP contribution < -0.4 is 10.6 Å². The van der Waals surface area contributed by atoms with Gasteiger partial charge in [0.1, 0.15) is 5.82 Å². The molecule has 118 valence electrons. The van der Waals surface area contributed by atoms with Crippen molar-refractivity contribution in [1.82, 2.24) is 4.98 Å². The molecule has 1 aromatic heterocycles. The highest BCUT2D eigenvalue weighted by Crippen LogP contribution is 2.36. The molecule has 0 radical (unpaired) electrons. The van der Waals surface area contributed by atoms with Gasteiger partial charge in [-0.3, -0.25) is 4.79 Å². The lowest BCUT2D eigenvalue weighted by molar-refractivity contribution is -0.112. The van der Waals surface area contributed by atoms with Gasteiger partial charge in [0.15, 0.2) is 11.4 Å². The van der Waals surface area contributed by atoms with Crippen LogP contribution in [0.1, 0.15) is 0 Å². The minimum absolute atomic E-state index is 0.0632. The van der Waals surface area contributed by atoms with Gasteiger partial charge in [-0.25, -0.2) is 9.38 Å². The second-order valence-electron chi connectivity index (χ2n) is 5.14. The number of rotatable bonds is 2. The molecule has 0 fully saturated rings. The number of amides is 1. The van der Waals surface area contributed by atoms with Crippen molar-refractivity contribution in [2.75, 3.05) is 0 Å². The van der Waals surface area contributed by atoms with Crippen molar-refractivity contribution < 1.29 is 14.3 Å². The van der Waals surface area contributed by atoms with Crippen LogP contribution in [0.3, 0.4) is 0 Å². The fourth-order valence-electron chi connectivity index (χ4n) is 2.51. The van der Waals surface area contributed by atoms with Crippen LogP contribution in [0.5, 0.6) is 5.88 Å². The molecule has 0 saturated heterocycles. The van der Waals surface area contributed by atoms with E-state index in [4.69, 9.17) is 0 Å². The molecule has 0 atom stereocenters. The van der Waals surface area contributed by atoms with E-state index in [-0.39, 0.29) is 17.3 Å². The third-order valence-corrected chi connectivity index (χ3v) is 4.10. The van der Waals surface area contributed by atoms with Crippen molar-refractivity contribution >= 4 is 44.1 Å². The van der Waals surface area contributed by atoms with Gasteiger partial charge in [0.2, 0.25) is 5.88 Å².